The molecule has 2 aliphatic carbocycles. The van der Waals surface area contributed by atoms with Crippen molar-refractivity contribution < 1.29 is 4.79 Å². The van der Waals surface area contributed by atoms with Crippen LogP contribution in [0.3, 0.4) is 0 Å². The van der Waals surface area contributed by atoms with Gasteiger partial charge in [-0.3, -0.25) is 4.79 Å². The lowest BCUT2D eigenvalue weighted by Crippen LogP contribution is -2.05. The Bertz CT molecular complexity index is 734. The summed E-state index contributed by atoms with van der Waals surface area (Å²) in [5.41, 5.74) is 3.60. The normalized spacial score (nSPS) is 16.8. The van der Waals surface area contributed by atoms with E-state index in [1.807, 2.05) is 13.0 Å². The van der Waals surface area contributed by atoms with E-state index in [9.17, 15) is 4.79 Å². The molecule has 0 amide bonds. The van der Waals surface area contributed by atoms with Crippen molar-refractivity contribution in [2.45, 2.75) is 50.2 Å². The highest BCUT2D eigenvalue weighted by atomic mass is 32.2. The minimum absolute atomic E-state index is 0.183. The molecule has 0 bridgehead atoms. The largest absolute Gasteiger partial charge is 0.303 e. The number of aryl methyl sites for hydroxylation is 3. The lowest BCUT2D eigenvalue weighted by Gasteiger charge is -2.07. The van der Waals surface area contributed by atoms with Crippen LogP contribution in [0.4, 0.5) is 0 Å². The first kappa shape index (κ1) is 14.0. The maximum atomic E-state index is 12.4. The second-order valence-electron chi connectivity index (χ2n) is 6.18. The highest BCUT2D eigenvalue weighted by Crippen LogP contribution is 2.38. The van der Waals surface area contributed by atoms with Gasteiger partial charge in [0.1, 0.15) is 5.82 Å². The summed E-state index contributed by atoms with van der Waals surface area (Å²) in [5, 5.41) is 9.26. The van der Waals surface area contributed by atoms with Gasteiger partial charge in [0.25, 0.3) is 0 Å². The first-order valence-corrected chi connectivity index (χ1v) is 8.90. The summed E-state index contributed by atoms with van der Waals surface area (Å²) in [6.45, 7) is 1.98. The number of hydrogen-bond acceptors (Lipinski definition) is 4. The second kappa shape index (κ2) is 5.54. The number of benzene rings is 1. The van der Waals surface area contributed by atoms with Crippen LogP contribution in [0, 0.1) is 6.92 Å². The predicted molar refractivity (Wildman–Crippen MR) is 86.6 cm³/mol. The molecule has 0 radical (unpaired) electrons. The van der Waals surface area contributed by atoms with Gasteiger partial charge in [0.05, 0.1) is 5.75 Å². The molecule has 4 nitrogen and oxygen atoms in total. The summed E-state index contributed by atoms with van der Waals surface area (Å²) < 4.78 is 2.18. The number of thioether (sulfide) groups is 1. The van der Waals surface area contributed by atoms with E-state index in [4.69, 9.17) is 0 Å². The number of fused-ring (bicyclic) bond motifs is 1. The van der Waals surface area contributed by atoms with Gasteiger partial charge in [0.15, 0.2) is 10.9 Å². The smallest absolute Gasteiger partial charge is 0.191 e. The maximum Gasteiger partial charge on any atom is 0.191 e. The molecule has 5 heteroatoms. The third kappa shape index (κ3) is 2.58. The fourth-order valence-electron chi connectivity index (χ4n) is 3.16. The summed E-state index contributed by atoms with van der Waals surface area (Å²) in [6.07, 6.45) is 5.88. The fourth-order valence-corrected chi connectivity index (χ4v) is 4.11. The highest BCUT2D eigenvalue weighted by molar-refractivity contribution is 7.99. The zero-order valence-electron chi connectivity index (χ0n) is 12.7. The Labute approximate surface area is 134 Å². The quantitative estimate of drug-likeness (QED) is 0.627. The molecule has 0 unspecified atom stereocenters. The Morgan fingerprint density at radius 2 is 2.09 bits per heavy atom. The van der Waals surface area contributed by atoms with Crippen molar-refractivity contribution in [1.82, 2.24) is 14.8 Å². The molecule has 1 heterocycles. The third-order valence-corrected chi connectivity index (χ3v) is 5.44. The number of carbonyl (C=O) groups is 1. The second-order valence-corrected chi connectivity index (χ2v) is 7.12. The molecule has 0 saturated heterocycles. The van der Waals surface area contributed by atoms with E-state index in [0.717, 1.165) is 29.4 Å². The molecule has 4 rings (SSSR count). The first-order chi connectivity index (χ1) is 10.7. The molecule has 2 aliphatic rings. The van der Waals surface area contributed by atoms with Crippen molar-refractivity contribution in [1.29, 1.82) is 0 Å². The van der Waals surface area contributed by atoms with Crippen LogP contribution in [0.15, 0.2) is 23.4 Å². The SMILES string of the molecule is Cc1nnc(SCC(=O)c2ccc3c(c2)CCC3)n1C1CC1. The van der Waals surface area contributed by atoms with Crippen molar-refractivity contribution in [3.8, 4) is 0 Å². The lowest BCUT2D eigenvalue weighted by molar-refractivity contribution is 0.102. The molecule has 0 aliphatic heterocycles. The molecular formula is C17H19N3OS. The van der Waals surface area contributed by atoms with E-state index in [2.05, 4.69) is 26.9 Å². The number of rotatable bonds is 5. The minimum atomic E-state index is 0.183. The van der Waals surface area contributed by atoms with Crippen molar-refractivity contribution >= 4 is 17.5 Å². The van der Waals surface area contributed by atoms with Crippen molar-refractivity contribution in [2.24, 2.45) is 0 Å². The van der Waals surface area contributed by atoms with Crippen LogP contribution in [0.2, 0.25) is 0 Å². The van der Waals surface area contributed by atoms with Crippen LogP contribution in [0.25, 0.3) is 0 Å². The van der Waals surface area contributed by atoms with E-state index in [0.29, 0.717) is 11.8 Å². The van der Waals surface area contributed by atoms with Crippen LogP contribution in [0.5, 0.6) is 0 Å². The van der Waals surface area contributed by atoms with Crippen molar-refractivity contribution in [3.05, 3.63) is 40.7 Å². The van der Waals surface area contributed by atoms with Crippen LogP contribution < -0.4 is 0 Å². The van der Waals surface area contributed by atoms with Gasteiger partial charge in [-0.2, -0.15) is 0 Å². The number of hydrogen-bond donors (Lipinski definition) is 0. The summed E-state index contributed by atoms with van der Waals surface area (Å²) >= 11 is 1.51. The molecule has 0 atom stereocenters. The number of carbonyl (C=O) groups excluding carboxylic acids is 1. The molecule has 1 aromatic heterocycles. The molecule has 1 aromatic carbocycles. The maximum absolute atomic E-state index is 12.4. The number of aromatic nitrogens is 3. The monoisotopic (exact) mass is 313 g/mol. The van der Waals surface area contributed by atoms with Crippen LogP contribution in [0.1, 0.15) is 52.6 Å². The van der Waals surface area contributed by atoms with Gasteiger partial charge in [-0.05, 0) is 56.2 Å². The molecule has 1 fully saturated rings. The van der Waals surface area contributed by atoms with E-state index in [1.54, 1.807) is 0 Å². The first-order valence-electron chi connectivity index (χ1n) is 7.91. The molecule has 0 N–H and O–H groups in total. The highest BCUT2D eigenvalue weighted by Gasteiger charge is 2.28. The average molecular weight is 313 g/mol. The Hall–Kier alpha value is -1.62. The van der Waals surface area contributed by atoms with Gasteiger partial charge in [-0.1, -0.05) is 23.9 Å². The van der Waals surface area contributed by atoms with Gasteiger partial charge >= 0.3 is 0 Å². The average Bonchev–Trinajstić information content (AvgIpc) is 3.12. The molecule has 2 aromatic rings. The minimum Gasteiger partial charge on any atom is -0.303 e. The summed E-state index contributed by atoms with van der Waals surface area (Å²) in [6, 6.07) is 6.73. The zero-order valence-corrected chi connectivity index (χ0v) is 13.5. The van der Waals surface area contributed by atoms with E-state index < -0.39 is 0 Å². The molecule has 22 heavy (non-hydrogen) atoms. The van der Waals surface area contributed by atoms with Crippen LogP contribution in [-0.2, 0) is 12.8 Å². The Morgan fingerprint density at radius 1 is 1.27 bits per heavy atom. The van der Waals surface area contributed by atoms with Crippen LogP contribution >= 0.6 is 11.8 Å². The number of Topliss-reactive ketones (excluding diaryl/α,β-unsaturated/α-hetero) is 1. The zero-order chi connectivity index (χ0) is 15.1. The summed E-state index contributed by atoms with van der Waals surface area (Å²) in [7, 11) is 0. The standard InChI is InChI=1S/C17H19N3OS/c1-11-18-19-17(20(11)15-7-8-15)22-10-16(21)14-6-5-12-3-2-4-13(12)9-14/h5-6,9,15H,2-4,7-8,10H2,1H3. The van der Waals surface area contributed by atoms with Gasteiger partial charge in [0.2, 0.25) is 0 Å². The topological polar surface area (TPSA) is 47.8 Å². The third-order valence-electron chi connectivity index (χ3n) is 4.50. The fraction of sp³-hybridized carbons (Fsp3) is 0.471. The lowest BCUT2D eigenvalue weighted by atomic mass is 10.0. The Morgan fingerprint density at radius 3 is 2.91 bits per heavy atom. The summed E-state index contributed by atoms with van der Waals surface area (Å²) in [5.74, 6) is 1.57. The van der Waals surface area contributed by atoms with Gasteiger partial charge in [-0.15, -0.1) is 10.2 Å². The Balaban J connectivity index is 1.46. The van der Waals surface area contributed by atoms with E-state index in [-0.39, 0.29) is 5.78 Å². The molecular weight excluding hydrogens is 294 g/mol. The van der Waals surface area contributed by atoms with E-state index in [1.165, 1.54) is 42.2 Å². The summed E-state index contributed by atoms with van der Waals surface area (Å²) in [4.78, 5) is 12.4. The number of nitrogens with zero attached hydrogens (tertiary/aromatic N) is 3. The van der Waals surface area contributed by atoms with Crippen molar-refractivity contribution in [3.63, 3.8) is 0 Å². The van der Waals surface area contributed by atoms with Gasteiger partial charge in [0, 0.05) is 11.6 Å². The number of ketones is 1. The van der Waals surface area contributed by atoms with Crippen LogP contribution in [-0.4, -0.2) is 26.3 Å². The van der Waals surface area contributed by atoms with Gasteiger partial charge < -0.3 is 4.57 Å². The van der Waals surface area contributed by atoms with E-state index >= 15 is 0 Å². The Kier molecular flexibility index (Phi) is 3.53. The van der Waals surface area contributed by atoms with Crippen molar-refractivity contribution in [2.75, 3.05) is 5.75 Å². The van der Waals surface area contributed by atoms with Gasteiger partial charge in [-0.25, -0.2) is 0 Å². The molecule has 1 saturated carbocycles. The molecule has 0 spiro atoms. The predicted octanol–water partition coefficient (Wildman–Crippen LogP) is 3.39. The molecule has 114 valence electrons.